The van der Waals surface area contributed by atoms with Crippen LogP contribution < -0.4 is 16.6 Å². The minimum Gasteiger partial charge on any atom is -0.397 e. The van der Waals surface area contributed by atoms with Crippen LogP contribution in [-0.2, 0) is 4.79 Å². The minimum atomic E-state index is -0.207. The highest BCUT2D eigenvalue weighted by Crippen LogP contribution is 2.25. The maximum Gasteiger partial charge on any atom is 0.258 e. The van der Waals surface area contributed by atoms with Crippen molar-refractivity contribution in [1.82, 2.24) is 14.9 Å². The number of anilines is 2. The zero-order chi connectivity index (χ0) is 15.0. The minimum absolute atomic E-state index is 0.148. The second kappa shape index (κ2) is 5.08. The first-order valence-corrected chi connectivity index (χ1v) is 6.82. The lowest BCUT2D eigenvalue weighted by Gasteiger charge is -2.31. The maximum atomic E-state index is 11.7. The van der Waals surface area contributed by atoms with Gasteiger partial charge < -0.3 is 20.9 Å². The Balaban J connectivity index is 1.89. The van der Waals surface area contributed by atoms with Gasteiger partial charge in [0.15, 0.2) is 0 Å². The summed E-state index contributed by atoms with van der Waals surface area (Å²) in [6.07, 6.45) is 2.67. The predicted octanol–water partition coefficient (Wildman–Crippen LogP) is 0.538. The Kier molecular flexibility index (Phi) is 3.25. The van der Waals surface area contributed by atoms with Crippen molar-refractivity contribution in [3.8, 4) is 0 Å². The number of likely N-dealkylation sites (N-methyl/N-ethyl adjacent to an activating group) is 1. The van der Waals surface area contributed by atoms with Gasteiger partial charge in [-0.1, -0.05) is 0 Å². The molecule has 7 heteroatoms. The van der Waals surface area contributed by atoms with Crippen molar-refractivity contribution in [2.45, 2.75) is 18.9 Å². The maximum absolute atomic E-state index is 11.7. The molecule has 1 amide bonds. The molecule has 7 nitrogen and oxygen atoms in total. The molecule has 110 valence electrons. The van der Waals surface area contributed by atoms with E-state index < -0.39 is 0 Å². The summed E-state index contributed by atoms with van der Waals surface area (Å²) in [5, 5.41) is 3.81. The molecule has 4 N–H and O–H groups in total. The van der Waals surface area contributed by atoms with E-state index in [1.807, 2.05) is 0 Å². The van der Waals surface area contributed by atoms with E-state index in [1.165, 1.54) is 6.33 Å². The average molecular weight is 287 g/mol. The topological polar surface area (TPSA) is 104 Å². The largest absolute Gasteiger partial charge is 0.397 e. The molecule has 1 aromatic carbocycles. The van der Waals surface area contributed by atoms with E-state index in [1.54, 1.807) is 24.1 Å². The molecular weight excluding hydrogens is 270 g/mol. The summed E-state index contributed by atoms with van der Waals surface area (Å²) < 4.78 is 0. The Bertz CT molecular complexity index is 755. The summed E-state index contributed by atoms with van der Waals surface area (Å²) in [7, 11) is 1.79. The van der Waals surface area contributed by atoms with E-state index in [0.717, 1.165) is 12.1 Å². The Labute approximate surface area is 121 Å². The zero-order valence-electron chi connectivity index (χ0n) is 11.7. The van der Waals surface area contributed by atoms with Crippen LogP contribution in [0.4, 0.5) is 11.4 Å². The molecule has 21 heavy (non-hydrogen) atoms. The SMILES string of the molecule is CN1CC(Nc2cc3nc[nH]c(=O)c3cc2N)CCC1=O. The first-order valence-electron chi connectivity index (χ1n) is 6.82. The van der Waals surface area contributed by atoms with Crippen LogP contribution >= 0.6 is 0 Å². The molecule has 0 radical (unpaired) electrons. The highest BCUT2D eigenvalue weighted by molar-refractivity contribution is 5.88. The second-order valence-electron chi connectivity index (χ2n) is 5.34. The van der Waals surface area contributed by atoms with Crippen molar-refractivity contribution < 1.29 is 4.79 Å². The highest BCUT2D eigenvalue weighted by Gasteiger charge is 2.23. The van der Waals surface area contributed by atoms with Gasteiger partial charge in [0.25, 0.3) is 5.56 Å². The molecule has 1 atom stereocenters. The number of carbonyl (C=O) groups is 1. The van der Waals surface area contributed by atoms with Crippen LogP contribution in [0.1, 0.15) is 12.8 Å². The Morgan fingerprint density at radius 1 is 1.43 bits per heavy atom. The first kappa shape index (κ1) is 13.4. The van der Waals surface area contributed by atoms with E-state index in [0.29, 0.717) is 29.6 Å². The third-order valence-electron chi connectivity index (χ3n) is 3.80. The van der Waals surface area contributed by atoms with Gasteiger partial charge >= 0.3 is 0 Å². The molecule has 0 aliphatic carbocycles. The van der Waals surface area contributed by atoms with Gasteiger partial charge in [0, 0.05) is 26.1 Å². The van der Waals surface area contributed by atoms with E-state index in [-0.39, 0.29) is 17.5 Å². The molecule has 1 saturated heterocycles. The van der Waals surface area contributed by atoms with Crippen LogP contribution in [0.2, 0.25) is 0 Å². The zero-order valence-corrected chi connectivity index (χ0v) is 11.7. The van der Waals surface area contributed by atoms with E-state index in [9.17, 15) is 9.59 Å². The number of fused-ring (bicyclic) bond motifs is 1. The highest BCUT2D eigenvalue weighted by atomic mass is 16.2. The van der Waals surface area contributed by atoms with Crippen molar-refractivity contribution in [2.75, 3.05) is 24.6 Å². The molecule has 0 saturated carbocycles. The number of nitrogens with one attached hydrogen (secondary N) is 2. The number of aromatic nitrogens is 2. The van der Waals surface area contributed by atoms with Crippen LogP contribution in [0, 0.1) is 0 Å². The van der Waals surface area contributed by atoms with Crippen LogP contribution in [-0.4, -0.2) is 40.4 Å². The van der Waals surface area contributed by atoms with Gasteiger partial charge in [-0.15, -0.1) is 0 Å². The summed E-state index contributed by atoms with van der Waals surface area (Å²) in [5.74, 6) is 0.160. The molecule has 0 bridgehead atoms. The van der Waals surface area contributed by atoms with Gasteiger partial charge in [-0.3, -0.25) is 9.59 Å². The van der Waals surface area contributed by atoms with Gasteiger partial charge in [-0.25, -0.2) is 4.98 Å². The molecule has 1 aromatic heterocycles. The molecule has 1 aliphatic rings. The van der Waals surface area contributed by atoms with E-state index in [4.69, 9.17) is 5.73 Å². The van der Waals surface area contributed by atoms with Crippen LogP contribution in [0.15, 0.2) is 23.3 Å². The Morgan fingerprint density at radius 3 is 3.00 bits per heavy atom. The van der Waals surface area contributed by atoms with Gasteiger partial charge in [-0.05, 0) is 18.6 Å². The van der Waals surface area contributed by atoms with Crippen molar-refractivity contribution in [1.29, 1.82) is 0 Å². The number of hydrogen-bond acceptors (Lipinski definition) is 5. The number of nitrogens with two attached hydrogens (primary N) is 1. The molecule has 0 spiro atoms. The molecule has 3 rings (SSSR count). The number of amides is 1. The van der Waals surface area contributed by atoms with Gasteiger partial charge in [0.2, 0.25) is 5.91 Å². The molecule has 2 aromatic rings. The number of carbonyl (C=O) groups excluding carboxylic acids is 1. The Hall–Kier alpha value is -2.57. The lowest BCUT2D eigenvalue weighted by Crippen LogP contribution is -2.43. The lowest BCUT2D eigenvalue weighted by molar-refractivity contribution is -0.132. The Morgan fingerprint density at radius 2 is 2.24 bits per heavy atom. The van der Waals surface area contributed by atoms with E-state index >= 15 is 0 Å². The number of likely N-dealkylation sites (tertiary alicyclic amines) is 1. The van der Waals surface area contributed by atoms with Crippen LogP contribution in [0.3, 0.4) is 0 Å². The van der Waals surface area contributed by atoms with Gasteiger partial charge in [0.1, 0.15) is 0 Å². The quantitative estimate of drug-likeness (QED) is 0.699. The van der Waals surface area contributed by atoms with Gasteiger partial charge in [-0.2, -0.15) is 0 Å². The standard InChI is InChI=1S/C14H17N5O2/c1-19-6-8(2-3-13(19)20)18-12-5-11-9(4-10(12)15)14(21)17-7-16-11/h4-5,7-8,18H,2-3,6,15H2,1H3,(H,16,17,21). The smallest absolute Gasteiger partial charge is 0.258 e. The molecule has 1 aliphatic heterocycles. The number of nitrogen functional groups attached to an aromatic ring is 1. The third-order valence-corrected chi connectivity index (χ3v) is 3.80. The van der Waals surface area contributed by atoms with Crippen LogP contribution in [0.5, 0.6) is 0 Å². The fourth-order valence-electron chi connectivity index (χ4n) is 2.61. The molecular formula is C14H17N5O2. The van der Waals surface area contributed by atoms with Crippen LogP contribution in [0.25, 0.3) is 10.9 Å². The summed E-state index contributed by atoms with van der Waals surface area (Å²) in [6.45, 7) is 0.638. The monoisotopic (exact) mass is 287 g/mol. The summed E-state index contributed by atoms with van der Waals surface area (Å²) in [6, 6.07) is 3.55. The number of aromatic amines is 1. The summed E-state index contributed by atoms with van der Waals surface area (Å²) >= 11 is 0. The summed E-state index contributed by atoms with van der Waals surface area (Å²) in [4.78, 5) is 31.6. The third kappa shape index (κ3) is 2.54. The molecule has 2 heterocycles. The predicted molar refractivity (Wildman–Crippen MR) is 81.1 cm³/mol. The summed E-state index contributed by atoms with van der Waals surface area (Å²) in [5.41, 5.74) is 7.64. The average Bonchev–Trinajstić information content (AvgIpc) is 2.45. The van der Waals surface area contributed by atoms with Gasteiger partial charge in [0.05, 0.1) is 28.6 Å². The van der Waals surface area contributed by atoms with Crippen molar-refractivity contribution in [3.05, 3.63) is 28.8 Å². The fourth-order valence-corrected chi connectivity index (χ4v) is 2.61. The van der Waals surface area contributed by atoms with E-state index in [2.05, 4.69) is 15.3 Å². The number of hydrogen-bond donors (Lipinski definition) is 3. The normalized spacial score (nSPS) is 19.0. The molecule has 1 unspecified atom stereocenters. The number of benzene rings is 1. The number of H-pyrrole nitrogens is 1. The number of rotatable bonds is 2. The fraction of sp³-hybridized carbons (Fsp3) is 0.357. The lowest BCUT2D eigenvalue weighted by atomic mass is 10.0. The first-order chi connectivity index (χ1) is 10.0. The molecule has 1 fully saturated rings. The number of piperidine rings is 1. The van der Waals surface area contributed by atoms with Crippen molar-refractivity contribution >= 4 is 28.2 Å². The number of nitrogens with zero attached hydrogens (tertiary/aromatic N) is 2. The van der Waals surface area contributed by atoms with Crippen molar-refractivity contribution in [2.24, 2.45) is 0 Å². The van der Waals surface area contributed by atoms with Crippen molar-refractivity contribution in [3.63, 3.8) is 0 Å². The second-order valence-corrected chi connectivity index (χ2v) is 5.34.